The number of alkyl halides is 1. The van der Waals surface area contributed by atoms with Crippen LogP contribution in [0.3, 0.4) is 0 Å². The molecule has 0 aliphatic carbocycles. The van der Waals surface area contributed by atoms with E-state index in [1.807, 2.05) is 0 Å². The summed E-state index contributed by atoms with van der Waals surface area (Å²) in [6, 6.07) is -3.41. The number of hydrogen-bond acceptors (Lipinski definition) is 11. The van der Waals surface area contributed by atoms with Crippen LogP contribution in [0.1, 0.15) is 5.69 Å². The summed E-state index contributed by atoms with van der Waals surface area (Å²) in [5, 5.41) is 11.5. The molecule has 1 aliphatic heterocycles. The van der Waals surface area contributed by atoms with Gasteiger partial charge >= 0.3 is 29.6 Å². The maximum absolute atomic E-state index is 12.6. The molecule has 31 heavy (non-hydrogen) atoms. The van der Waals surface area contributed by atoms with Crippen molar-refractivity contribution in [3.8, 4) is 0 Å². The number of hydrogen-bond donors (Lipinski definition) is 3. The Morgan fingerprint density at radius 2 is 2.06 bits per heavy atom. The van der Waals surface area contributed by atoms with E-state index in [9.17, 15) is 32.1 Å². The van der Waals surface area contributed by atoms with Gasteiger partial charge in [-0.15, -0.1) is 22.9 Å². The van der Waals surface area contributed by atoms with E-state index in [4.69, 9.17) is 11.6 Å². The van der Waals surface area contributed by atoms with Gasteiger partial charge in [-0.3, -0.25) is 19.2 Å². The monoisotopic (exact) mass is 504 g/mol. The van der Waals surface area contributed by atoms with E-state index in [2.05, 4.69) is 30.9 Å². The van der Waals surface area contributed by atoms with Crippen LogP contribution in [-0.2, 0) is 34.3 Å². The topological polar surface area (TPSA) is 199 Å². The second-order valence-corrected chi connectivity index (χ2v) is 7.82. The largest absolute Gasteiger partial charge is 1.00 e. The molecule has 1 fully saturated rings. The average molecular weight is 505 g/mol. The fraction of sp³-hybridized carbons (Fsp3) is 0.385. The number of aromatic nitrogens is 1. The quantitative estimate of drug-likeness (QED) is 0.0771. The van der Waals surface area contributed by atoms with Crippen molar-refractivity contribution < 1.29 is 66.5 Å². The number of likely N-dealkylation sites (N-methyl/N-ethyl adjacent to an activating group) is 1. The molecule has 2 atom stereocenters. The number of carbonyl (C=O) groups excluding carboxylic acids is 4. The van der Waals surface area contributed by atoms with Crippen LogP contribution in [0.4, 0.5) is 5.13 Å². The first kappa shape index (κ1) is 27.2. The number of oxime groups is 1. The van der Waals surface area contributed by atoms with Gasteiger partial charge in [0.25, 0.3) is 11.8 Å². The Labute approximate surface area is 206 Å². The molecule has 0 saturated carbocycles. The van der Waals surface area contributed by atoms with Crippen molar-refractivity contribution in [2.24, 2.45) is 5.16 Å². The predicted molar refractivity (Wildman–Crippen MR) is 101 cm³/mol. The van der Waals surface area contributed by atoms with E-state index >= 15 is 0 Å². The van der Waals surface area contributed by atoms with Crippen LogP contribution in [0, 0.1) is 0 Å². The van der Waals surface area contributed by atoms with Gasteiger partial charge < -0.3 is 25.3 Å². The number of amides is 4. The first-order chi connectivity index (χ1) is 14.0. The molecular formula is C13H14ClN6NaO8S2. The third-order valence-electron chi connectivity index (χ3n) is 3.61. The zero-order chi connectivity index (χ0) is 22.6. The van der Waals surface area contributed by atoms with Gasteiger partial charge in [-0.1, -0.05) is 5.16 Å². The van der Waals surface area contributed by atoms with E-state index in [-0.39, 0.29) is 50.6 Å². The number of nitrogens with one attached hydrogen (secondary N) is 3. The van der Waals surface area contributed by atoms with Crippen LogP contribution in [0.15, 0.2) is 10.5 Å². The molecule has 1 aromatic heterocycles. The van der Waals surface area contributed by atoms with E-state index in [1.54, 1.807) is 0 Å². The summed E-state index contributed by atoms with van der Waals surface area (Å²) in [5.74, 6) is -4.19. The molecule has 14 nitrogen and oxygen atoms in total. The molecule has 18 heteroatoms. The van der Waals surface area contributed by atoms with Crippen molar-refractivity contribution in [3.63, 3.8) is 0 Å². The molecule has 1 saturated heterocycles. The molecule has 1 aliphatic rings. The minimum absolute atomic E-state index is 0. The van der Waals surface area contributed by atoms with Crippen LogP contribution >= 0.6 is 22.9 Å². The van der Waals surface area contributed by atoms with Gasteiger partial charge in [0.1, 0.15) is 24.7 Å². The third kappa shape index (κ3) is 6.12. The van der Waals surface area contributed by atoms with Crippen LogP contribution in [-0.4, -0.2) is 83.7 Å². The van der Waals surface area contributed by atoms with Crippen LogP contribution in [0.5, 0.6) is 0 Å². The molecule has 0 spiro atoms. The van der Waals surface area contributed by atoms with Crippen molar-refractivity contribution in [3.05, 3.63) is 11.1 Å². The normalized spacial score (nSPS) is 18.4. The van der Waals surface area contributed by atoms with Gasteiger partial charge in [-0.25, -0.2) is 17.7 Å². The summed E-state index contributed by atoms with van der Waals surface area (Å²) in [4.78, 5) is 56.4. The first-order valence-electron chi connectivity index (χ1n) is 7.79. The smallest absolute Gasteiger partial charge is 0.731 e. The Morgan fingerprint density at radius 3 is 2.58 bits per heavy atom. The first-order valence-corrected chi connectivity index (χ1v) is 10.6. The molecule has 0 bridgehead atoms. The van der Waals surface area contributed by atoms with Gasteiger partial charge in [0, 0.05) is 12.4 Å². The number of nitrogens with zero attached hydrogens (tertiary/aromatic N) is 3. The predicted octanol–water partition coefficient (Wildman–Crippen LogP) is -5.42. The molecule has 1 aromatic rings. The van der Waals surface area contributed by atoms with Crippen molar-refractivity contribution in [2.45, 2.75) is 12.1 Å². The minimum Gasteiger partial charge on any atom is -0.731 e. The molecule has 164 valence electrons. The summed E-state index contributed by atoms with van der Waals surface area (Å²) in [6.45, 7) is 0. The number of rotatable bonds is 8. The van der Waals surface area contributed by atoms with Crippen molar-refractivity contribution in [1.82, 2.24) is 19.9 Å². The number of carbonyl (C=O) groups is 4. The Hall–Kier alpha value is -1.82. The van der Waals surface area contributed by atoms with Gasteiger partial charge in [0.05, 0.1) is 0 Å². The number of anilines is 1. The Kier molecular flexibility index (Phi) is 9.80. The van der Waals surface area contributed by atoms with Crippen LogP contribution in [0.2, 0.25) is 0 Å². The molecule has 4 amide bonds. The van der Waals surface area contributed by atoms with Gasteiger partial charge in [-0.2, -0.15) is 0 Å². The number of halogens is 1. The van der Waals surface area contributed by atoms with Gasteiger partial charge in [0.2, 0.25) is 11.8 Å². The fourth-order valence-electron chi connectivity index (χ4n) is 2.36. The summed E-state index contributed by atoms with van der Waals surface area (Å²) in [6.07, 6.45) is 0. The molecule has 0 unspecified atom stereocenters. The van der Waals surface area contributed by atoms with E-state index in [0.29, 0.717) is 0 Å². The zero-order valence-electron chi connectivity index (χ0n) is 16.2. The third-order valence-corrected chi connectivity index (χ3v) is 5.50. The molecule has 0 aromatic carbocycles. The standard InChI is InChI=1S/C13H15ClN6O8S2.Na/c1-15-11(23)9-8(12(24)20(9)30(25,26)27)18-10(22)7(19-28-2)5-4-29-13(16-5)17-6(21)3-14;/h4,8-9H,3H2,1-2H3,(H,15,23)(H,18,22)(H,16,17,21)(H,25,26,27);/q;+1/p-1/t8-,9-;/m0./s1. The summed E-state index contributed by atoms with van der Waals surface area (Å²) >= 11 is 6.32. The average Bonchev–Trinajstić information content (AvgIpc) is 3.13. The summed E-state index contributed by atoms with van der Waals surface area (Å²) in [7, 11) is -2.99. The Morgan fingerprint density at radius 1 is 1.42 bits per heavy atom. The zero-order valence-corrected chi connectivity index (χ0v) is 20.6. The van der Waals surface area contributed by atoms with Crippen LogP contribution < -0.4 is 45.5 Å². The number of thiazole rings is 1. The second kappa shape index (κ2) is 11.2. The molecule has 2 rings (SSSR count). The molecular weight excluding hydrogens is 491 g/mol. The SMILES string of the molecule is CNC(=O)[C@@H]1[C@H](NC(=O)C(=NOC)c2csc(NC(=O)CCl)n2)C(=O)N1S(=O)(=O)[O-].[Na+]. The van der Waals surface area contributed by atoms with E-state index in [1.165, 1.54) is 5.38 Å². The maximum Gasteiger partial charge on any atom is 1.00 e. The minimum atomic E-state index is -5.28. The molecule has 2 heterocycles. The van der Waals surface area contributed by atoms with Crippen molar-refractivity contribution in [2.75, 3.05) is 25.4 Å². The molecule has 3 N–H and O–H groups in total. The van der Waals surface area contributed by atoms with E-state index in [0.717, 1.165) is 25.5 Å². The Balaban J connectivity index is 0.00000480. The number of β-lactam (4-membered cyclic amide) rings is 1. The second-order valence-electron chi connectivity index (χ2n) is 5.44. The summed E-state index contributed by atoms with van der Waals surface area (Å²) < 4.78 is 33.5. The van der Waals surface area contributed by atoms with Crippen molar-refractivity contribution in [1.29, 1.82) is 0 Å². The maximum atomic E-state index is 12.6. The summed E-state index contributed by atoms with van der Waals surface area (Å²) in [5.41, 5.74) is -0.493. The van der Waals surface area contributed by atoms with Crippen LogP contribution in [0.25, 0.3) is 0 Å². The van der Waals surface area contributed by atoms with Gasteiger partial charge in [0.15, 0.2) is 27.2 Å². The van der Waals surface area contributed by atoms with Crippen molar-refractivity contribution >= 4 is 67.7 Å². The van der Waals surface area contributed by atoms with E-state index < -0.39 is 51.7 Å². The fourth-order valence-corrected chi connectivity index (χ4v) is 3.96. The van der Waals surface area contributed by atoms with Gasteiger partial charge in [-0.05, 0) is 0 Å². The molecule has 0 radical (unpaired) electrons. The Bertz CT molecular complexity index is 1020.